The molecule has 3 amide bonds. The van der Waals surface area contributed by atoms with Crippen LogP contribution in [0.2, 0.25) is 0 Å². The van der Waals surface area contributed by atoms with Crippen LogP contribution in [0.25, 0.3) is 11.1 Å². The average Bonchev–Trinajstić information content (AvgIpc) is 3.31. The lowest BCUT2D eigenvalue weighted by molar-refractivity contribution is -0.139. The lowest BCUT2D eigenvalue weighted by Gasteiger charge is -2.19. The summed E-state index contributed by atoms with van der Waals surface area (Å²) in [5.41, 5.74) is 4.28. The molecule has 178 valence electrons. The molecule has 2 aliphatic rings. The second kappa shape index (κ2) is 9.94. The number of fused-ring (bicyclic) bond motifs is 3. The normalized spacial score (nSPS) is 17.6. The number of nitrogens with zero attached hydrogens (tertiary/aromatic N) is 1. The number of carboxylic acids is 1. The lowest BCUT2D eigenvalue weighted by atomic mass is 9.98. The van der Waals surface area contributed by atoms with E-state index in [9.17, 15) is 24.3 Å². The molecule has 1 fully saturated rings. The van der Waals surface area contributed by atoms with Gasteiger partial charge in [-0.1, -0.05) is 48.5 Å². The van der Waals surface area contributed by atoms with Crippen molar-refractivity contribution < 1.29 is 29.0 Å². The Morgan fingerprint density at radius 3 is 2.26 bits per heavy atom. The molecule has 34 heavy (non-hydrogen) atoms. The summed E-state index contributed by atoms with van der Waals surface area (Å²) in [4.78, 5) is 49.6. The molecule has 0 bridgehead atoms. The van der Waals surface area contributed by atoms with Crippen molar-refractivity contribution in [2.24, 2.45) is 5.92 Å². The zero-order valence-electron chi connectivity index (χ0n) is 18.8. The highest BCUT2D eigenvalue weighted by molar-refractivity contribution is 5.89. The molecule has 2 unspecified atom stereocenters. The standard InChI is InChI=1S/C25H27N3O6/c1-28-13-15(10-22(28)29)12-26-24(32)21(11-23(30)31)27-25(33)34-14-20-18-8-4-2-6-16(18)17-7-3-5-9-19(17)20/h2-9,15,20-21H,10-14H2,1H3,(H,26,32)(H,27,33)(H,30,31). The van der Waals surface area contributed by atoms with Crippen molar-refractivity contribution in [3.8, 4) is 11.1 Å². The zero-order chi connectivity index (χ0) is 24.2. The summed E-state index contributed by atoms with van der Waals surface area (Å²) in [5.74, 6) is -2.06. The molecule has 9 nitrogen and oxygen atoms in total. The fraction of sp³-hybridized carbons (Fsp3) is 0.360. The number of carboxylic acid groups (broad SMARTS) is 1. The molecule has 1 saturated heterocycles. The number of hydrogen-bond donors (Lipinski definition) is 3. The number of hydrogen-bond acceptors (Lipinski definition) is 5. The molecule has 9 heteroatoms. The van der Waals surface area contributed by atoms with Crippen LogP contribution in [-0.2, 0) is 19.1 Å². The second-order valence-electron chi connectivity index (χ2n) is 8.71. The Kier molecular flexibility index (Phi) is 6.81. The van der Waals surface area contributed by atoms with Gasteiger partial charge in [0.25, 0.3) is 0 Å². The van der Waals surface area contributed by atoms with Gasteiger partial charge in [0.15, 0.2) is 0 Å². The van der Waals surface area contributed by atoms with Crippen LogP contribution in [0.15, 0.2) is 48.5 Å². The summed E-state index contributed by atoms with van der Waals surface area (Å²) in [7, 11) is 1.69. The Balaban J connectivity index is 1.36. The minimum absolute atomic E-state index is 0.00176. The molecule has 0 aromatic heterocycles. The Morgan fingerprint density at radius 2 is 1.71 bits per heavy atom. The van der Waals surface area contributed by atoms with E-state index in [1.54, 1.807) is 11.9 Å². The van der Waals surface area contributed by atoms with Crippen LogP contribution in [0.3, 0.4) is 0 Å². The second-order valence-corrected chi connectivity index (χ2v) is 8.71. The van der Waals surface area contributed by atoms with E-state index in [0.717, 1.165) is 22.3 Å². The van der Waals surface area contributed by atoms with Gasteiger partial charge in [0.2, 0.25) is 11.8 Å². The maximum Gasteiger partial charge on any atom is 0.407 e. The van der Waals surface area contributed by atoms with Crippen molar-refractivity contribution in [3.05, 3.63) is 59.7 Å². The molecule has 0 spiro atoms. The van der Waals surface area contributed by atoms with Crippen LogP contribution in [0.5, 0.6) is 0 Å². The van der Waals surface area contributed by atoms with Crippen molar-refractivity contribution in [2.45, 2.75) is 24.8 Å². The van der Waals surface area contributed by atoms with Crippen LogP contribution >= 0.6 is 0 Å². The molecular formula is C25H27N3O6. The fourth-order valence-corrected chi connectivity index (χ4v) is 4.63. The molecule has 2 atom stereocenters. The molecule has 1 aliphatic carbocycles. The Labute approximate surface area is 197 Å². The topological polar surface area (TPSA) is 125 Å². The van der Waals surface area contributed by atoms with Crippen LogP contribution in [-0.4, -0.2) is 66.7 Å². The number of carbonyl (C=O) groups excluding carboxylic acids is 3. The van der Waals surface area contributed by atoms with Gasteiger partial charge in [-0.2, -0.15) is 0 Å². The van der Waals surface area contributed by atoms with E-state index in [4.69, 9.17) is 4.74 Å². The lowest BCUT2D eigenvalue weighted by Crippen LogP contribution is -2.49. The number of alkyl carbamates (subject to hydrolysis) is 1. The van der Waals surface area contributed by atoms with Crippen LogP contribution in [0, 0.1) is 5.92 Å². The van der Waals surface area contributed by atoms with Gasteiger partial charge in [-0.05, 0) is 22.3 Å². The van der Waals surface area contributed by atoms with E-state index in [0.29, 0.717) is 13.0 Å². The van der Waals surface area contributed by atoms with Crippen LogP contribution in [0.4, 0.5) is 4.79 Å². The smallest absolute Gasteiger partial charge is 0.407 e. The van der Waals surface area contributed by atoms with E-state index >= 15 is 0 Å². The van der Waals surface area contributed by atoms with Gasteiger partial charge >= 0.3 is 12.1 Å². The summed E-state index contributed by atoms with van der Waals surface area (Å²) >= 11 is 0. The largest absolute Gasteiger partial charge is 0.481 e. The number of aliphatic carboxylic acids is 1. The third-order valence-electron chi connectivity index (χ3n) is 6.32. The number of ether oxygens (including phenoxy) is 1. The number of benzene rings is 2. The quantitative estimate of drug-likeness (QED) is 0.547. The molecule has 2 aromatic rings. The van der Waals surface area contributed by atoms with E-state index in [2.05, 4.69) is 10.6 Å². The molecule has 1 aliphatic heterocycles. The molecule has 0 saturated carbocycles. The van der Waals surface area contributed by atoms with Crippen molar-refractivity contribution in [1.82, 2.24) is 15.5 Å². The maximum atomic E-state index is 12.6. The summed E-state index contributed by atoms with van der Waals surface area (Å²) in [6.45, 7) is 0.789. The van der Waals surface area contributed by atoms with Gasteiger partial charge in [-0.15, -0.1) is 0 Å². The van der Waals surface area contributed by atoms with Gasteiger partial charge in [-0.25, -0.2) is 4.79 Å². The number of amides is 3. The first-order valence-electron chi connectivity index (χ1n) is 11.2. The van der Waals surface area contributed by atoms with Crippen molar-refractivity contribution in [3.63, 3.8) is 0 Å². The number of nitrogens with one attached hydrogen (secondary N) is 2. The van der Waals surface area contributed by atoms with Gasteiger partial charge in [0.1, 0.15) is 12.6 Å². The van der Waals surface area contributed by atoms with E-state index in [1.165, 1.54) is 0 Å². The predicted octanol–water partition coefficient (Wildman–Crippen LogP) is 1.96. The molecular weight excluding hydrogens is 438 g/mol. The van der Waals surface area contributed by atoms with E-state index < -0.39 is 30.4 Å². The molecule has 4 rings (SSSR count). The first-order chi connectivity index (χ1) is 16.3. The van der Waals surface area contributed by atoms with Crippen molar-refractivity contribution in [2.75, 3.05) is 26.7 Å². The van der Waals surface area contributed by atoms with Crippen molar-refractivity contribution in [1.29, 1.82) is 0 Å². The number of likely N-dealkylation sites (tertiary alicyclic amines) is 1. The van der Waals surface area contributed by atoms with Gasteiger partial charge in [0, 0.05) is 38.4 Å². The van der Waals surface area contributed by atoms with E-state index in [-0.39, 0.29) is 30.9 Å². The third kappa shape index (κ3) is 5.03. The van der Waals surface area contributed by atoms with Crippen molar-refractivity contribution >= 4 is 23.9 Å². The monoisotopic (exact) mass is 465 g/mol. The Bertz CT molecular complexity index is 1070. The SMILES string of the molecule is CN1CC(CNC(=O)C(CC(=O)O)NC(=O)OCC2c3ccccc3-c3ccccc32)CC1=O. The summed E-state index contributed by atoms with van der Waals surface area (Å²) in [6, 6.07) is 14.5. The van der Waals surface area contributed by atoms with Crippen LogP contribution in [0.1, 0.15) is 29.9 Å². The predicted molar refractivity (Wildman–Crippen MR) is 123 cm³/mol. The zero-order valence-corrected chi connectivity index (χ0v) is 18.8. The first-order valence-corrected chi connectivity index (χ1v) is 11.2. The average molecular weight is 466 g/mol. The number of rotatable bonds is 8. The highest BCUT2D eigenvalue weighted by Gasteiger charge is 2.31. The third-order valence-corrected chi connectivity index (χ3v) is 6.32. The Morgan fingerprint density at radius 1 is 1.09 bits per heavy atom. The Hall–Kier alpha value is -3.88. The minimum Gasteiger partial charge on any atom is -0.481 e. The van der Waals surface area contributed by atoms with Gasteiger partial charge in [0.05, 0.1) is 6.42 Å². The highest BCUT2D eigenvalue weighted by Crippen LogP contribution is 2.44. The molecule has 0 radical (unpaired) electrons. The first kappa shape index (κ1) is 23.3. The molecule has 1 heterocycles. The summed E-state index contributed by atoms with van der Waals surface area (Å²) < 4.78 is 5.43. The van der Waals surface area contributed by atoms with E-state index in [1.807, 2.05) is 48.5 Å². The summed E-state index contributed by atoms with van der Waals surface area (Å²) in [6.07, 6.45) is -1.13. The fourth-order valence-electron chi connectivity index (χ4n) is 4.63. The van der Waals surface area contributed by atoms with Gasteiger partial charge in [-0.3, -0.25) is 14.4 Å². The van der Waals surface area contributed by atoms with Gasteiger partial charge < -0.3 is 25.4 Å². The molecule has 2 aromatic carbocycles. The maximum absolute atomic E-state index is 12.6. The van der Waals surface area contributed by atoms with Crippen LogP contribution < -0.4 is 10.6 Å². The number of carbonyl (C=O) groups is 4. The summed E-state index contributed by atoms with van der Waals surface area (Å²) in [5, 5.41) is 14.2. The molecule has 3 N–H and O–H groups in total. The highest BCUT2D eigenvalue weighted by atomic mass is 16.5. The minimum atomic E-state index is -1.29.